The van der Waals surface area contributed by atoms with E-state index in [-0.39, 0.29) is 16.4 Å². The van der Waals surface area contributed by atoms with Crippen LogP contribution in [0.3, 0.4) is 0 Å². The van der Waals surface area contributed by atoms with Crippen molar-refractivity contribution in [1.82, 2.24) is 9.78 Å². The van der Waals surface area contributed by atoms with Crippen LogP contribution in [0.2, 0.25) is 0 Å². The van der Waals surface area contributed by atoms with E-state index in [1.54, 1.807) is 7.05 Å². The van der Waals surface area contributed by atoms with Gasteiger partial charge in [-0.05, 0) is 30.7 Å². The fraction of sp³-hybridized carbons (Fsp3) is 0.182. The molecule has 0 saturated carbocycles. The fourth-order valence-corrected chi connectivity index (χ4v) is 3.02. The molecule has 0 bridgehead atoms. The van der Waals surface area contributed by atoms with Crippen LogP contribution in [0, 0.1) is 12.7 Å². The van der Waals surface area contributed by atoms with Crippen molar-refractivity contribution >= 4 is 21.5 Å². The van der Waals surface area contributed by atoms with Crippen LogP contribution in [0.4, 0.5) is 15.9 Å². The molecule has 19 heavy (non-hydrogen) atoms. The Bertz CT molecular complexity index is 705. The zero-order chi connectivity index (χ0) is 14.2. The Balaban J connectivity index is 2.44. The Morgan fingerprint density at radius 2 is 2.11 bits per heavy atom. The van der Waals surface area contributed by atoms with E-state index in [4.69, 9.17) is 5.73 Å². The van der Waals surface area contributed by atoms with Gasteiger partial charge in [0, 0.05) is 7.05 Å². The molecule has 0 amide bonds. The number of aromatic nitrogens is 2. The summed E-state index contributed by atoms with van der Waals surface area (Å²) in [7, 11) is -2.27. The quantitative estimate of drug-likeness (QED) is 0.887. The lowest BCUT2D eigenvalue weighted by Crippen LogP contribution is -2.17. The molecule has 0 aliphatic rings. The number of nitrogens with zero attached hydrogens (tertiary/aromatic N) is 2. The lowest BCUT2D eigenvalue weighted by molar-refractivity contribution is 0.597. The van der Waals surface area contributed by atoms with Crippen molar-refractivity contribution in [2.75, 3.05) is 10.5 Å². The molecule has 2 aromatic rings. The summed E-state index contributed by atoms with van der Waals surface area (Å²) >= 11 is 0. The van der Waals surface area contributed by atoms with Gasteiger partial charge in [-0.1, -0.05) is 0 Å². The van der Waals surface area contributed by atoms with E-state index in [2.05, 4.69) is 9.82 Å². The van der Waals surface area contributed by atoms with E-state index >= 15 is 0 Å². The summed E-state index contributed by atoms with van der Waals surface area (Å²) in [5.74, 6) is -0.319. The van der Waals surface area contributed by atoms with E-state index < -0.39 is 15.8 Å². The molecule has 0 aliphatic carbocycles. The summed E-state index contributed by atoms with van der Waals surface area (Å²) < 4.78 is 41.1. The molecule has 0 aliphatic heterocycles. The number of hydrogen-bond donors (Lipinski definition) is 2. The Labute approximate surface area is 110 Å². The number of halogens is 1. The van der Waals surface area contributed by atoms with E-state index in [0.29, 0.717) is 5.56 Å². The zero-order valence-electron chi connectivity index (χ0n) is 10.4. The van der Waals surface area contributed by atoms with Crippen molar-refractivity contribution in [1.29, 1.82) is 0 Å². The number of hydrogen-bond acceptors (Lipinski definition) is 4. The third-order valence-corrected chi connectivity index (χ3v) is 4.12. The summed E-state index contributed by atoms with van der Waals surface area (Å²) in [6, 6.07) is 3.45. The van der Waals surface area contributed by atoms with Gasteiger partial charge < -0.3 is 5.73 Å². The minimum Gasteiger partial charge on any atom is -0.394 e. The topological polar surface area (TPSA) is 90.0 Å². The number of nitrogens with one attached hydrogen (secondary N) is 1. The van der Waals surface area contributed by atoms with Gasteiger partial charge in [-0.15, -0.1) is 0 Å². The van der Waals surface area contributed by atoms with Gasteiger partial charge in [0.2, 0.25) is 0 Å². The van der Waals surface area contributed by atoms with Gasteiger partial charge in [0.25, 0.3) is 10.0 Å². The summed E-state index contributed by atoms with van der Waals surface area (Å²) in [5.41, 5.74) is 6.15. The van der Waals surface area contributed by atoms with Crippen LogP contribution in [0.15, 0.2) is 29.3 Å². The molecule has 0 radical (unpaired) electrons. The summed E-state index contributed by atoms with van der Waals surface area (Å²) in [6.45, 7) is 1.52. The molecule has 0 saturated heterocycles. The lowest BCUT2D eigenvalue weighted by atomic mass is 10.2. The molecule has 1 heterocycles. The van der Waals surface area contributed by atoms with Crippen LogP contribution >= 0.6 is 0 Å². The van der Waals surface area contributed by atoms with Gasteiger partial charge in [-0.2, -0.15) is 5.10 Å². The maximum absolute atomic E-state index is 13.0. The molecule has 3 N–H and O–H groups in total. The monoisotopic (exact) mass is 284 g/mol. The molecule has 0 unspecified atom stereocenters. The summed E-state index contributed by atoms with van der Waals surface area (Å²) in [6.07, 6.45) is 1.34. The summed E-state index contributed by atoms with van der Waals surface area (Å²) in [5, 5.41) is 3.84. The lowest BCUT2D eigenvalue weighted by Gasteiger charge is -2.11. The number of anilines is 2. The predicted molar refractivity (Wildman–Crippen MR) is 69.6 cm³/mol. The van der Waals surface area contributed by atoms with Crippen LogP contribution in [-0.4, -0.2) is 18.2 Å². The third-order valence-electron chi connectivity index (χ3n) is 2.62. The summed E-state index contributed by atoms with van der Waals surface area (Å²) in [4.78, 5) is -0.00509. The number of benzene rings is 1. The van der Waals surface area contributed by atoms with Crippen molar-refractivity contribution in [3.63, 3.8) is 0 Å². The average molecular weight is 284 g/mol. The van der Waals surface area contributed by atoms with E-state index in [1.807, 2.05) is 0 Å². The highest BCUT2D eigenvalue weighted by Crippen LogP contribution is 2.23. The normalized spacial score (nSPS) is 11.5. The number of sulfonamides is 1. The smallest absolute Gasteiger partial charge is 0.263 e. The Morgan fingerprint density at radius 1 is 1.42 bits per heavy atom. The SMILES string of the molecule is Cc1cc(F)ccc1S(=O)(=O)Nc1c(N)cnn1C. The molecule has 0 fully saturated rings. The molecule has 1 aromatic heterocycles. The second kappa shape index (κ2) is 4.54. The largest absolute Gasteiger partial charge is 0.394 e. The third kappa shape index (κ3) is 2.53. The second-order valence-corrected chi connectivity index (χ2v) is 5.74. The number of rotatable bonds is 3. The van der Waals surface area contributed by atoms with Gasteiger partial charge in [-0.25, -0.2) is 12.8 Å². The standard InChI is InChI=1S/C11H13FN4O2S/c1-7-5-8(12)3-4-10(7)19(17,18)15-11-9(13)6-14-16(11)2/h3-6,15H,13H2,1-2H3. The van der Waals surface area contributed by atoms with Gasteiger partial charge >= 0.3 is 0 Å². The van der Waals surface area contributed by atoms with Gasteiger partial charge in [0.05, 0.1) is 16.8 Å². The molecule has 6 nitrogen and oxygen atoms in total. The van der Waals surface area contributed by atoms with Crippen molar-refractivity contribution in [3.8, 4) is 0 Å². The zero-order valence-corrected chi connectivity index (χ0v) is 11.2. The average Bonchev–Trinajstić information content (AvgIpc) is 2.60. The van der Waals surface area contributed by atoms with Crippen LogP contribution < -0.4 is 10.5 Å². The molecule has 0 atom stereocenters. The highest BCUT2D eigenvalue weighted by atomic mass is 32.2. The van der Waals surface area contributed by atoms with Crippen LogP contribution in [0.5, 0.6) is 0 Å². The van der Waals surface area contributed by atoms with Crippen molar-refractivity contribution in [2.45, 2.75) is 11.8 Å². The molecule has 102 valence electrons. The molecular formula is C11H13FN4O2S. The fourth-order valence-electron chi connectivity index (χ4n) is 1.68. The molecule has 1 aromatic carbocycles. The maximum atomic E-state index is 13.0. The van der Waals surface area contributed by atoms with Crippen molar-refractivity contribution < 1.29 is 12.8 Å². The Morgan fingerprint density at radius 3 is 2.63 bits per heavy atom. The number of nitrogen functional groups attached to an aromatic ring is 1. The van der Waals surface area contributed by atoms with E-state index in [0.717, 1.165) is 12.1 Å². The molecule has 2 rings (SSSR count). The minimum absolute atomic E-state index is 0.00509. The van der Waals surface area contributed by atoms with E-state index in [1.165, 1.54) is 23.9 Å². The van der Waals surface area contributed by atoms with Crippen LogP contribution in [0.25, 0.3) is 0 Å². The Hall–Kier alpha value is -2.09. The van der Waals surface area contributed by atoms with Crippen molar-refractivity contribution in [2.24, 2.45) is 7.05 Å². The second-order valence-electron chi connectivity index (χ2n) is 4.09. The first kappa shape index (κ1) is 13.3. The Kier molecular flexibility index (Phi) is 3.19. The maximum Gasteiger partial charge on any atom is 0.263 e. The number of nitrogens with two attached hydrogens (primary N) is 1. The van der Waals surface area contributed by atoms with E-state index in [9.17, 15) is 12.8 Å². The van der Waals surface area contributed by atoms with Crippen LogP contribution in [-0.2, 0) is 17.1 Å². The first-order valence-corrected chi connectivity index (χ1v) is 6.86. The highest BCUT2D eigenvalue weighted by Gasteiger charge is 2.20. The predicted octanol–water partition coefficient (Wildman–Crippen LogP) is 1.25. The molecule has 0 spiro atoms. The molecular weight excluding hydrogens is 271 g/mol. The van der Waals surface area contributed by atoms with Gasteiger partial charge in [0.15, 0.2) is 5.82 Å². The van der Waals surface area contributed by atoms with Crippen molar-refractivity contribution in [3.05, 3.63) is 35.8 Å². The van der Waals surface area contributed by atoms with Gasteiger partial charge in [0.1, 0.15) is 5.82 Å². The van der Waals surface area contributed by atoms with Crippen LogP contribution in [0.1, 0.15) is 5.56 Å². The minimum atomic E-state index is -3.83. The van der Waals surface area contributed by atoms with Gasteiger partial charge in [-0.3, -0.25) is 9.40 Å². The number of aryl methyl sites for hydroxylation is 2. The first-order chi connectivity index (χ1) is 8.81. The highest BCUT2D eigenvalue weighted by molar-refractivity contribution is 7.92. The molecule has 8 heteroatoms. The first-order valence-electron chi connectivity index (χ1n) is 5.37.